The Labute approximate surface area is 174 Å². The highest BCUT2D eigenvalue weighted by atomic mass is 16.2. The maximum atomic E-state index is 13.1. The number of aromatic amines is 1. The number of carbonyl (C=O) groups excluding carboxylic acids is 2. The molecule has 150 valence electrons. The summed E-state index contributed by atoms with van der Waals surface area (Å²) in [6, 6.07) is 23.7. The zero-order valence-corrected chi connectivity index (χ0v) is 16.3. The Morgan fingerprint density at radius 1 is 0.900 bits per heavy atom. The van der Waals surface area contributed by atoms with Crippen molar-refractivity contribution in [3.63, 3.8) is 0 Å². The third-order valence-corrected chi connectivity index (χ3v) is 4.96. The summed E-state index contributed by atoms with van der Waals surface area (Å²) < 4.78 is 0. The summed E-state index contributed by atoms with van der Waals surface area (Å²) >= 11 is 0. The van der Waals surface area contributed by atoms with Crippen LogP contribution in [-0.4, -0.2) is 28.1 Å². The summed E-state index contributed by atoms with van der Waals surface area (Å²) in [5.74, 6) is -0.533. The lowest BCUT2D eigenvalue weighted by Crippen LogP contribution is -2.44. The standard InChI is InChI=1S/C24H22N4O2/c29-23(18-10-5-2-6-11-18)27-22(15-14-17-8-3-1-4-9-17)24(30)26-20-12-7-13-21-19(20)16-25-28-21/h1-13,16,22H,14-15H2,(H,25,28)(H,26,30)(H,27,29). The van der Waals surface area contributed by atoms with Gasteiger partial charge in [-0.15, -0.1) is 0 Å². The van der Waals surface area contributed by atoms with Crippen molar-refractivity contribution in [2.45, 2.75) is 18.9 Å². The highest BCUT2D eigenvalue weighted by Crippen LogP contribution is 2.21. The van der Waals surface area contributed by atoms with E-state index >= 15 is 0 Å². The molecule has 0 saturated carbocycles. The average molecular weight is 398 g/mol. The fourth-order valence-electron chi connectivity index (χ4n) is 3.35. The minimum atomic E-state index is -0.680. The maximum absolute atomic E-state index is 13.1. The van der Waals surface area contributed by atoms with Crippen molar-refractivity contribution in [2.75, 3.05) is 5.32 Å². The van der Waals surface area contributed by atoms with Gasteiger partial charge in [-0.25, -0.2) is 0 Å². The van der Waals surface area contributed by atoms with E-state index in [1.807, 2.05) is 54.6 Å². The molecule has 1 atom stereocenters. The van der Waals surface area contributed by atoms with Gasteiger partial charge in [-0.05, 0) is 42.7 Å². The third-order valence-electron chi connectivity index (χ3n) is 4.96. The zero-order valence-electron chi connectivity index (χ0n) is 16.3. The molecule has 1 heterocycles. The van der Waals surface area contributed by atoms with Crippen LogP contribution in [0.25, 0.3) is 10.9 Å². The molecule has 1 unspecified atom stereocenters. The lowest BCUT2D eigenvalue weighted by Gasteiger charge is -2.19. The Morgan fingerprint density at radius 3 is 2.40 bits per heavy atom. The van der Waals surface area contributed by atoms with Gasteiger partial charge in [-0.3, -0.25) is 14.7 Å². The van der Waals surface area contributed by atoms with Crippen molar-refractivity contribution in [1.82, 2.24) is 15.5 Å². The van der Waals surface area contributed by atoms with Gasteiger partial charge in [0.1, 0.15) is 6.04 Å². The molecule has 3 aromatic carbocycles. The van der Waals surface area contributed by atoms with Crippen molar-refractivity contribution < 1.29 is 9.59 Å². The van der Waals surface area contributed by atoms with E-state index in [4.69, 9.17) is 0 Å². The Balaban J connectivity index is 1.52. The van der Waals surface area contributed by atoms with Crippen molar-refractivity contribution in [3.05, 3.63) is 96.2 Å². The third kappa shape index (κ3) is 4.55. The number of fused-ring (bicyclic) bond motifs is 1. The molecule has 6 heteroatoms. The first-order chi connectivity index (χ1) is 14.7. The summed E-state index contributed by atoms with van der Waals surface area (Å²) in [7, 11) is 0. The summed E-state index contributed by atoms with van der Waals surface area (Å²) in [5, 5.41) is 13.6. The molecular formula is C24H22N4O2. The van der Waals surface area contributed by atoms with E-state index in [1.54, 1.807) is 30.5 Å². The van der Waals surface area contributed by atoms with Gasteiger partial charge >= 0.3 is 0 Å². The first kappa shape index (κ1) is 19.4. The smallest absolute Gasteiger partial charge is 0.251 e. The predicted molar refractivity (Wildman–Crippen MR) is 117 cm³/mol. The number of carbonyl (C=O) groups is 2. The molecule has 30 heavy (non-hydrogen) atoms. The molecule has 0 fully saturated rings. The van der Waals surface area contributed by atoms with Crippen molar-refractivity contribution in [3.8, 4) is 0 Å². The molecule has 0 saturated heterocycles. The van der Waals surface area contributed by atoms with Gasteiger partial charge in [0.2, 0.25) is 5.91 Å². The number of H-pyrrole nitrogens is 1. The van der Waals surface area contributed by atoms with Crippen molar-refractivity contribution in [1.29, 1.82) is 0 Å². The lowest BCUT2D eigenvalue weighted by atomic mass is 10.0. The van der Waals surface area contributed by atoms with E-state index < -0.39 is 6.04 Å². The van der Waals surface area contributed by atoms with E-state index in [2.05, 4.69) is 20.8 Å². The van der Waals surface area contributed by atoms with Gasteiger partial charge < -0.3 is 10.6 Å². The van der Waals surface area contributed by atoms with Gasteiger partial charge in [0.15, 0.2) is 0 Å². The largest absolute Gasteiger partial charge is 0.340 e. The van der Waals surface area contributed by atoms with Crippen LogP contribution in [0.5, 0.6) is 0 Å². The van der Waals surface area contributed by atoms with Crippen LogP contribution >= 0.6 is 0 Å². The predicted octanol–water partition coefficient (Wildman–Crippen LogP) is 3.93. The van der Waals surface area contributed by atoms with Crippen LogP contribution < -0.4 is 10.6 Å². The molecule has 4 aromatic rings. The van der Waals surface area contributed by atoms with Crippen LogP contribution in [0.3, 0.4) is 0 Å². The number of benzene rings is 3. The minimum absolute atomic E-state index is 0.260. The molecule has 0 radical (unpaired) electrons. The van der Waals surface area contributed by atoms with Crippen LogP contribution in [0.2, 0.25) is 0 Å². The summed E-state index contributed by atoms with van der Waals surface area (Å²) in [6.45, 7) is 0. The summed E-state index contributed by atoms with van der Waals surface area (Å²) in [6.07, 6.45) is 2.83. The SMILES string of the molecule is O=C(NC(CCc1ccccc1)C(=O)Nc1cccc2[nH]ncc12)c1ccccc1. The number of rotatable bonds is 7. The second kappa shape index (κ2) is 9.05. The summed E-state index contributed by atoms with van der Waals surface area (Å²) in [4.78, 5) is 25.8. The molecule has 0 aliphatic heterocycles. The molecule has 0 aliphatic rings. The molecule has 0 spiro atoms. The molecule has 0 bridgehead atoms. The van der Waals surface area contributed by atoms with E-state index in [9.17, 15) is 9.59 Å². The van der Waals surface area contributed by atoms with Crippen LogP contribution in [0.15, 0.2) is 85.1 Å². The Morgan fingerprint density at radius 2 is 1.63 bits per heavy atom. The molecule has 3 N–H and O–H groups in total. The highest BCUT2D eigenvalue weighted by molar-refractivity contribution is 6.05. The number of hydrogen-bond acceptors (Lipinski definition) is 3. The fraction of sp³-hybridized carbons (Fsp3) is 0.125. The van der Waals surface area contributed by atoms with E-state index in [0.717, 1.165) is 16.5 Å². The van der Waals surface area contributed by atoms with Crippen molar-refractivity contribution >= 4 is 28.4 Å². The molecule has 6 nitrogen and oxygen atoms in total. The molecule has 4 rings (SSSR count). The van der Waals surface area contributed by atoms with E-state index in [0.29, 0.717) is 24.1 Å². The van der Waals surface area contributed by atoms with Gasteiger partial charge in [0, 0.05) is 10.9 Å². The quantitative estimate of drug-likeness (QED) is 0.441. The van der Waals surface area contributed by atoms with Gasteiger partial charge in [-0.2, -0.15) is 5.10 Å². The second-order valence-corrected chi connectivity index (χ2v) is 7.04. The number of nitrogens with one attached hydrogen (secondary N) is 3. The number of aromatic nitrogens is 2. The van der Waals surface area contributed by atoms with Gasteiger partial charge in [-0.1, -0.05) is 54.6 Å². The normalized spacial score (nSPS) is 11.7. The first-order valence-corrected chi connectivity index (χ1v) is 9.83. The van der Waals surface area contributed by atoms with Crippen molar-refractivity contribution in [2.24, 2.45) is 0 Å². The molecule has 1 aromatic heterocycles. The van der Waals surface area contributed by atoms with E-state index in [-0.39, 0.29) is 11.8 Å². The molecule has 0 aliphatic carbocycles. The van der Waals surface area contributed by atoms with Crippen LogP contribution in [-0.2, 0) is 11.2 Å². The van der Waals surface area contributed by atoms with Gasteiger partial charge in [0.25, 0.3) is 5.91 Å². The fourth-order valence-corrected chi connectivity index (χ4v) is 3.35. The number of anilines is 1. The maximum Gasteiger partial charge on any atom is 0.251 e. The Kier molecular flexibility index (Phi) is 5.85. The van der Waals surface area contributed by atoms with Gasteiger partial charge in [0.05, 0.1) is 17.4 Å². The molecule has 2 amide bonds. The number of aryl methyl sites for hydroxylation is 1. The molecular weight excluding hydrogens is 376 g/mol. The highest BCUT2D eigenvalue weighted by Gasteiger charge is 2.22. The van der Waals surface area contributed by atoms with Crippen LogP contribution in [0, 0.1) is 0 Å². The minimum Gasteiger partial charge on any atom is -0.340 e. The van der Waals surface area contributed by atoms with E-state index in [1.165, 1.54) is 0 Å². The Bertz CT molecular complexity index is 1140. The van der Waals surface area contributed by atoms with Crippen LogP contribution in [0.4, 0.5) is 5.69 Å². The average Bonchev–Trinajstić information content (AvgIpc) is 3.28. The summed E-state index contributed by atoms with van der Waals surface area (Å²) in [5.41, 5.74) is 3.13. The topological polar surface area (TPSA) is 86.9 Å². The Hall–Kier alpha value is -3.93. The number of amides is 2. The van der Waals surface area contributed by atoms with Crippen LogP contribution in [0.1, 0.15) is 22.3 Å². The number of hydrogen-bond donors (Lipinski definition) is 3. The lowest BCUT2D eigenvalue weighted by molar-refractivity contribution is -0.118. The number of nitrogens with zero attached hydrogens (tertiary/aromatic N) is 1. The first-order valence-electron chi connectivity index (χ1n) is 9.83. The monoisotopic (exact) mass is 398 g/mol. The second-order valence-electron chi connectivity index (χ2n) is 7.04. The zero-order chi connectivity index (χ0) is 20.8.